The van der Waals surface area contributed by atoms with Gasteiger partial charge in [-0.1, -0.05) is 18.2 Å². The van der Waals surface area contributed by atoms with Gasteiger partial charge in [0.25, 0.3) is 0 Å². The van der Waals surface area contributed by atoms with Crippen LogP contribution in [0.4, 0.5) is 0 Å². The highest BCUT2D eigenvalue weighted by Crippen LogP contribution is 2.13. The van der Waals surface area contributed by atoms with E-state index in [-0.39, 0.29) is 6.61 Å². The van der Waals surface area contributed by atoms with Crippen molar-refractivity contribution in [3.8, 4) is 5.69 Å². The third-order valence-electron chi connectivity index (χ3n) is 2.26. The van der Waals surface area contributed by atoms with Crippen LogP contribution in [0.15, 0.2) is 36.5 Å². The molecular weight excluding hydrogens is 190 g/mol. The molecule has 0 spiro atoms. The molecule has 0 atom stereocenters. The minimum absolute atomic E-state index is 0.0439. The van der Waals surface area contributed by atoms with Crippen LogP contribution in [-0.4, -0.2) is 14.9 Å². The van der Waals surface area contributed by atoms with Crippen molar-refractivity contribution in [2.75, 3.05) is 0 Å². The molecule has 0 bridgehead atoms. The monoisotopic (exact) mass is 203 g/mol. The minimum Gasteiger partial charge on any atom is -0.390 e. The summed E-state index contributed by atoms with van der Waals surface area (Å²) in [6.07, 6.45) is 1.82. The van der Waals surface area contributed by atoms with Gasteiger partial charge in [0, 0.05) is 12.7 Å². The number of nitrogens with two attached hydrogens (primary N) is 1. The third-order valence-corrected chi connectivity index (χ3v) is 2.26. The highest BCUT2D eigenvalue weighted by molar-refractivity contribution is 5.40. The lowest BCUT2D eigenvalue weighted by Gasteiger charge is -2.06. The molecule has 0 fully saturated rings. The molecule has 4 heteroatoms. The first-order valence-corrected chi connectivity index (χ1v) is 4.79. The molecule has 0 aliphatic heterocycles. The molecular formula is C11H13N3O. The van der Waals surface area contributed by atoms with E-state index in [4.69, 9.17) is 10.8 Å². The van der Waals surface area contributed by atoms with Crippen LogP contribution in [0.1, 0.15) is 11.3 Å². The SMILES string of the molecule is NCc1ccccc1-n1ccc(CO)n1. The molecule has 0 amide bonds. The average Bonchev–Trinajstić information content (AvgIpc) is 2.77. The summed E-state index contributed by atoms with van der Waals surface area (Å²) in [6.45, 7) is 0.433. The standard InChI is InChI=1S/C11H13N3O/c12-7-9-3-1-2-4-11(9)14-6-5-10(8-15)13-14/h1-6,15H,7-8,12H2. The van der Waals surface area contributed by atoms with Crippen molar-refractivity contribution in [1.82, 2.24) is 9.78 Å². The van der Waals surface area contributed by atoms with Gasteiger partial charge in [0.1, 0.15) is 0 Å². The first-order valence-electron chi connectivity index (χ1n) is 4.79. The predicted molar refractivity (Wildman–Crippen MR) is 57.4 cm³/mol. The molecule has 2 aromatic rings. The molecule has 78 valence electrons. The average molecular weight is 203 g/mol. The predicted octanol–water partition coefficient (Wildman–Crippen LogP) is 0.823. The van der Waals surface area contributed by atoms with E-state index in [2.05, 4.69) is 5.10 Å². The summed E-state index contributed by atoms with van der Waals surface area (Å²) in [6, 6.07) is 9.59. The van der Waals surface area contributed by atoms with Crippen molar-refractivity contribution >= 4 is 0 Å². The molecule has 0 radical (unpaired) electrons. The molecule has 1 heterocycles. The Bertz CT molecular complexity index is 451. The maximum atomic E-state index is 8.92. The second-order valence-corrected chi connectivity index (χ2v) is 3.24. The molecule has 2 rings (SSSR count). The molecule has 4 nitrogen and oxygen atoms in total. The zero-order valence-electron chi connectivity index (χ0n) is 8.30. The summed E-state index contributed by atoms with van der Waals surface area (Å²) < 4.78 is 1.73. The number of para-hydroxylation sites is 1. The smallest absolute Gasteiger partial charge is 0.0883 e. The maximum Gasteiger partial charge on any atom is 0.0883 e. The molecule has 1 aromatic heterocycles. The van der Waals surface area contributed by atoms with Gasteiger partial charge in [-0.2, -0.15) is 5.10 Å². The quantitative estimate of drug-likeness (QED) is 0.776. The van der Waals surface area contributed by atoms with Crippen LogP contribution >= 0.6 is 0 Å². The van der Waals surface area contributed by atoms with Crippen molar-refractivity contribution in [2.24, 2.45) is 5.73 Å². The van der Waals surface area contributed by atoms with Crippen molar-refractivity contribution in [2.45, 2.75) is 13.2 Å². The van der Waals surface area contributed by atoms with Crippen molar-refractivity contribution < 1.29 is 5.11 Å². The van der Waals surface area contributed by atoms with E-state index in [1.54, 1.807) is 10.7 Å². The summed E-state index contributed by atoms with van der Waals surface area (Å²) in [5.41, 5.74) is 8.28. The second kappa shape index (κ2) is 4.25. The van der Waals surface area contributed by atoms with Crippen LogP contribution in [0.25, 0.3) is 5.69 Å². The van der Waals surface area contributed by atoms with Gasteiger partial charge >= 0.3 is 0 Å². The Labute approximate surface area is 88.0 Å². The van der Waals surface area contributed by atoms with Crippen LogP contribution in [-0.2, 0) is 13.2 Å². The van der Waals surface area contributed by atoms with E-state index in [1.165, 1.54) is 0 Å². The molecule has 0 aliphatic carbocycles. The molecule has 0 unspecified atom stereocenters. The molecule has 0 aliphatic rings. The lowest BCUT2D eigenvalue weighted by molar-refractivity contribution is 0.276. The van der Waals surface area contributed by atoms with Crippen molar-refractivity contribution in [3.05, 3.63) is 47.8 Å². The highest BCUT2D eigenvalue weighted by Gasteiger charge is 2.03. The van der Waals surface area contributed by atoms with E-state index < -0.39 is 0 Å². The highest BCUT2D eigenvalue weighted by atomic mass is 16.3. The van der Waals surface area contributed by atoms with E-state index in [0.29, 0.717) is 12.2 Å². The first kappa shape index (κ1) is 9.89. The lowest BCUT2D eigenvalue weighted by Crippen LogP contribution is -2.05. The molecule has 15 heavy (non-hydrogen) atoms. The summed E-state index contributed by atoms with van der Waals surface area (Å²) in [5.74, 6) is 0. The number of aliphatic hydroxyl groups is 1. The Balaban J connectivity index is 2.44. The fraction of sp³-hybridized carbons (Fsp3) is 0.182. The van der Waals surface area contributed by atoms with Gasteiger partial charge in [-0.3, -0.25) is 0 Å². The normalized spacial score (nSPS) is 10.5. The molecule has 0 saturated carbocycles. The summed E-state index contributed by atoms with van der Waals surface area (Å²) in [7, 11) is 0. The Kier molecular flexibility index (Phi) is 2.80. The van der Waals surface area contributed by atoms with Crippen molar-refractivity contribution in [3.63, 3.8) is 0 Å². The Hall–Kier alpha value is -1.65. The maximum absolute atomic E-state index is 8.92. The number of nitrogens with zero attached hydrogens (tertiary/aromatic N) is 2. The summed E-state index contributed by atoms with van der Waals surface area (Å²) >= 11 is 0. The first-order chi connectivity index (χ1) is 7.35. The number of aromatic nitrogens is 2. The minimum atomic E-state index is -0.0439. The van der Waals surface area contributed by atoms with E-state index in [1.807, 2.05) is 30.5 Å². The fourth-order valence-corrected chi connectivity index (χ4v) is 1.49. The number of rotatable bonds is 3. The van der Waals surface area contributed by atoms with Gasteiger partial charge in [0.2, 0.25) is 0 Å². The van der Waals surface area contributed by atoms with Crippen LogP contribution in [0.5, 0.6) is 0 Å². The molecule has 0 saturated heterocycles. The van der Waals surface area contributed by atoms with Gasteiger partial charge in [-0.15, -0.1) is 0 Å². The van der Waals surface area contributed by atoms with Crippen LogP contribution in [0.2, 0.25) is 0 Å². The van der Waals surface area contributed by atoms with Gasteiger partial charge in [-0.05, 0) is 17.7 Å². The van der Waals surface area contributed by atoms with Crippen LogP contribution in [0.3, 0.4) is 0 Å². The van der Waals surface area contributed by atoms with Gasteiger partial charge in [0.15, 0.2) is 0 Å². The number of hydrogen-bond donors (Lipinski definition) is 2. The molecule has 3 N–H and O–H groups in total. The zero-order chi connectivity index (χ0) is 10.7. The van der Waals surface area contributed by atoms with Crippen LogP contribution < -0.4 is 5.73 Å². The van der Waals surface area contributed by atoms with E-state index in [0.717, 1.165) is 11.3 Å². The van der Waals surface area contributed by atoms with Gasteiger partial charge in [0.05, 0.1) is 18.0 Å². The lowest BCUT2D eigenvalue weighted by atomic mass is 10.2. The van der Waals surface area contributed by atoms with Crippen molar-refractivity contribution in [1.29, 1.82) is 0 Å². The van der Waals surface area contributed by atoms with E-state index in [9.17, 15) is 0 Å². The number of hydrogen-bond acceptors (Lipinski definition) is 3. The number of aliphatic hydroxyl groups excluding tert-OH is 1. The zero-order valence-corrected chi connectivity index (χ0v) is 8.30. The Morgan fingerprint density at radius 2 is 2.07 bits per heavy atom. The Morgan fingerprint density at radius 1 is 1.27 bits per heavy atom. The molecule has 1 aromatic carbocycles. The van der Waals surface area contributed by atoms with Gasteiger partial charge in [-0.25, -0.2) is 4.68 Å². The summed E-state index contributed by atoms with van der Waals surface area (Å²) in [5, 5.41) is 13.1. The number of benzene rings is 1. The largest absolute Gasteiger partial charge is 0.390 e. The third kappa shape index (κ3) is 1.91. The Morgan fingerprint density at radius 3 is 2.73 bits per heavy atom. The van der Waals surface area contributed by atoms with E-state index >= 15 is 0 Å². The topological polar surface area (TPSA) is 64.1 Å². The van der Waals surface area contributed by atoms with Gasteiger partial charge < -0.3 is 10.8 Å². The fourth-order valence-electron chi connectivity index (χ4n) is 1.49. The summed E-state index contributed by atoms with van der Waals surface area (Å²) in [4.78, 5) is 0. The van der Waals surface area contributed by atoms with Crippen LogP contribution in [0, 0.1) is 0 Å². The second-order valence-electron chi connectivity index (χ2n) is 3.24.